The summed E-state index contributed by atoms with van der Waals surface area (Å²) < 4.78 is 20.4. The summed E-state index contributed by atoms with van der Waals surface area (Å²) in [4.78, 5) is 20.5. The van der Waals surface area contributed by atoms with Crippen molar-refractivity contribution in [2.75, 3.05) is 25.0 Å². The van der Waals surface area contributed by atoms with Gasteiger partial charge >= 0.3 is 0 Å². The summed E-state index contributed by atoms with van der Waals surface area (Å²) in [5, 5.41) is 9.74. The minimum atomic E-state index is -0.302. The second-order valence-corrected chi connectivity index (χ2v) is 8.60. The molecule has 1 fully saturated rings. The van der Waals surface area contributed by atoms with Crippen LogP contribution in [-0.4, -0.2) is 41.6 Å². The Bertz CT molecular complexity index is 1170. The molecule has 2 aliphatic rings. The lowest BCUT2D eigenvalue weighted by atomic mass is 10.0. The fourth-order valence-corrected chi connectivity index (χ4v) is 4.54. The third-order valence-corrected chi connectivity index (χ3v) is 6.40. The van der Waals surface area contributed by atoms with Gasteiger partial charge < -0.3 is 25.7 Å². The molecule has 0 aliphatic carbocycles. The van der Waals surface area contributed by atoms with Gasteiger partial charge in [-0.3, -0.25) is 9.78 Å². The molecule has 0 saturated carbocycles. The van der Waals surface area contributed by atoms with E-state index in [1.54, 1.807) is 31.5 Å². The first kappa shape index (κ1) is 21.5. The van der Waals surface area contributed by atoms with E-state index < -0.39 is 0 Å². The molecular weight excluding hydrogens is 421 g/mol. The molecule has 2 aliphatic heterocycles. The van der Waals surface area contributed by atoms with Crippen molar-refractivity contribution in [2.24, 2.45) is 0 Å². The lowest BCUT2D eigenvalue weighted by Crippen LogP contribution is -2.38. The maximum absolute atomic E-state index is 14.2. The number of pyridine rings is 1. The van der Waals surface area contributed by atoms with Crippen LogP contribution in [0, 0.1) is 12.7 Å². The molecule has 1 amide bonds. The maximum atomic E-state index is 14.2. The Hall–Kier alpha value is -3.39. The SMILES string of the molecule is Cc1c(F)cccc1Nc1c(-c2ccncc2OC[C@@H]2CCCCN2)[nH]c2c1C(=O)NCC2. The van der Waals surface area contributed by atoms with Gasteiger partial charge in [-0.05, 0) is 44.5 Å². The van der Waals surface area contributed by atoms with Crippen LogP contribution in [0.3, 0.4) is 0 Å². The Morgan fingerprint density at radius 3 is 3.00 bits per heavy atom. The summed E-state index contributed by atoms with van der Waals surface area (Å²) in [5.74, 6) is 0.185. The monoisotopic (exact) mass is 449 g/mol. The number of carbonyl (C=O) groups is 1. The Balaban J connectivity index is 1.54. The average Bonchev–Trinajstić information content (AvgIpc) is 3.21. The first-order chi connectivity index (χ1) is 16.1. The molecule has 3 aromatic rings. The van der Waals surface area contributed by atoms with Crippen molar-refractivity contribution in [3.8, 4) is 17.0 Å². The zero-order chi connectivity index (χ0) is 22.8. The van der Waals surface area contributed by atoms with Gasteiger partial charge in [0.2, 0.25) is 0 Å². The van der Waals surface area contributed by atoms with Crippen LogP contribution >= 0.6 is 0 Å². The van der Waals surface area contributed by atoms with Crippen LogP contribution in [-0.2, 0) is 6.42 Å². The molecule has 0 bridgehead atoms. The number of nitrogens with one attached hydrogen (secondary N) is 4. The van der Waals surface area contributed by atoms with E-state index in [9.17, 15) is 9.18 Å². The first-order valence-electron chi connectivity index (χ1n) is 11.5. The van der Waals surface area contributed by atoms with Gasteiger partial charge in [0.05, 0.1) is 23.1 Å². The van der Waals surface area contributed by atoms with Crippen LogP contribution in [0.4, 0.5) is 15.8 Å². The fraction of sp³-hybridized carbons (Fsp3) is 0.360. The number of amides is 1. The van der Waals surface area contributed by atoms with Gasteiger partial charge in [-0.25, -0.2) is 4.39 Å². The largest absolute Gasteiger partial charge is 0.490 e. The molecule has 5 rings (SSSR count). The number of rotatable bonds is 6. The average molecular weight is 450 g/mol. The molecule has 7 nitrogen and oxygen atoms in total. The highest BCUT2D eigenvalue weighted by Gasteiger charge is 2.28. The number of hydrogen-bond acceptors (Lipinski definition) is 5. The van der Waals surface area contributed by atoms with Crippen molar-refractivity contribution in [2.45, 2.75) is 38.6 Å². The molecule has 0 spiro atoms. The van der Waals surface area contributed by atoms with Crippen LogP contribution in [0.15, 0.2) is 36.7 Å². The molecule has 1 atom stereocenters. The van der Waals surface area contributed by atoms with Crippen molar-refractivity contribution in [3.63, 3.8) is 0 Å². The predicted molar refractivity (Wildman–Crippen MR) is 126 cm³/mol. The van der Waals surface area contributed by atoms with Crippen molar-refractivity contribution in [1.29, 1.82) is 0 Å². The topological polar surface area (TPSA) is 91.1 Å². The summed E-state index contributed by atoms with van der Waals surface area (Å²) in [6.45, 7) is 3.84. The third-order valence-electron chi connectivity index (χ3n) is 6.40. The van der Waals surface area contributed by atoms with Crippen LogP contribution in [0.25, 0.3) is 11.3 Å². The van der Waals surface area contributed by atoms with Gasteiger partial charge in [0.1, 0.15) is 18.2 Å². The quantitative estimate of drug-likeness (QED) is 0.455. The van der Waals surface area contributed by atoms with Gasteiger partial charge in [0, 0.05) is 47.7 Å². The number of benzene rings is 1. The molecule has 4 heterocycles. The zero-order valence-corrected chi connectivity index (χ0v) is 18.6. The molecular formula is C25H28FN5O2. The summed E-state index contributed by atoms with van der Waals surface area (Å²) in [6, 6.07) is 7.07. The van der Waals surface area contributed by atoms with E-state index in [1.807, 2.05) is 6.07 Å². The van der Waals surface area contributed by atoms with E-state index in [1.165, 1.54) is 18.9 Å². The summed E-state index contributed by atoms with van der Waals surface area (Å²) >= 11 is 0. The molecule has 2 aromatic heterocycles. The Morgan fingerprint density at radius 1 is 1.24 bits per heavy atom. The number of fused-ring (bicyclic) bond motifs is 1. The molecule has 0 unspecified atom stereocenters. The number of piperidine rings is 1. The van der Waals surface area contributed by atoms with Crippen LogP contribution in [0.5, 0.6) is 5.75 Å². The molecule has 172 valence electrons. The van der Waals surface area contributed by atoms with Crippen molar-refractivity contribution >= 4 is 17.3 Å². The maximum Gasteiger partial charge on any atom is 0.255 e. The Morgan fingerprint density at radius 2 is 2.15 bits per heavy atom. The number of nitrogens with zero attached hydrogens (tertiary/aromatic N) is 1. The fourth-order valence-electron chi connectivity index (χ4n) is 4.54. The number of ether oxygens (including phenoxy) is 1. The number of aromatic amines is 1. The lowest BCUT2D eigenvalue weighted by molar-refractivity contribution is 0.0947. The lowest BCUT2D eigenvalue weighted by Gasteiger charge is -2.24. The van der Waals surface area contributed by atoms with Gasteiger partial charge in [-0.1, -0.05) is 12.5 Å². The number of anilines is 2. The Kier molecular flexibility index (Phi) is 6.00. The summed E-state index contributed by atoms with van der Waals surface area (Å²) in [6.07, 6.45) is 7.57. The highest BCUT2D eigenvalue weighted by molar-refractivity contribution is 6.06. The molecule has 8 heteroatoms. The highest BCUT2D eigenvalue weighted by Crippen LogP contribution is 2.40. The van der Waals surface area contributed by atoms with Gasteiger partial charge in [0.15, 0.2) is 0 Å². The predicted octanol–water partition coefficient (Wildman–Crippen LogP) is 4.07. The smallest absolute Gasteiger partial charge is 0.255 e. The number of carbonyl (C=O) groups excluding carboxylic acids is 1. The van der Waals surface area contributed by atoms with E-state index in [0.717, 1.165) is 29.9 Å². The standard InChI is InChI=1S/C25H28FN5O2/c1-15-18(26)6-4-7-19(15)30-24-22-20(9-12-29-25(22)32)31-23(24)17-8-11-27-13-21(17)33-14-16-5-2-3-10-28-16/h4,6-8,11,13,16,28,30-31H,2-3,5,9-10,12,14H2,1H3,(H,29,32)/t16-/m0/s1. The number of H-pyrrole nitrogens is 1. The number of hydrogen-bond donors (Lipinski definition) is 4. The van der Waals surface area contributed by atoms with Crippen molar-refractivity contribution in [1.82, 2.24) is 20.6 Å². The number of aromatic nitrogens is 2. The molecule has 0 radical (unpaired) electrons. The minimum Gasteiger partial charge on any atom is -0.490 e. The van der Waals surface area contributed by atoms with Crippen molar-refractivity contribution < 1.29 is 13.9 Å². The van der Waals surface area contributed by atoms with E-state index in [2.05, 4.69) is 25.9 Å². The first-order valence-corrected chi connectivity index (χ1v) is 11.5. The highest BCUT2D eigenvalue weighted by atomic mass is 19.1. The third kappa shape index (κ3) is 4.30. The van der Waals surface area contributed by atoms with E-state index in [-0.39, 0.29) is 11.7 Å². The second kappa shape index (κ2) is 9.23. The minimum absolute atomic E-state index is 0.154. The van der Waals surface area contributed by atoms with Crippen molar-refractivity contribution in [3.05, 3.63) is 59.3 Å². The van der Waals surface area contributed by atoms with Crippen LogP contribution < -0.4 is 20.7 Å². The summed E-state index contributed by atoms with van der Waals surface area (Å²) in [7, 11) is 0. The molecule has 1 aromatic carbocycles. The van der Waals surface area contributed by atoms with Gasteiger partial charge in [-0.15, -0.1) is 0 Å². The summed E-state index contributed by atoms with van der Waals surface area (Å²) in [5.41, 5.74) is 4.65. The van der Waals surface area contributed by atoms with Gasteiger partial charge in [-0.2, -0.15) is 0 Å². The molecule has 1 saturated heterocycles. The van der Waals surface area contributed by atoms with E-state index in [4.69, 9.17) is 4.74 Å². The number of halogens is 1. The van der Waals surface area contributed by atoms with Gasteiger partial charge in [0.25, 0.3) is 5.91 Å². The Labute approximate surface area is 192 Å². The second-order valence-electron chi connectivity index (χ2n) is 8.60. The normalized spacial score (nSPS) is 17.9. The van der Waals surface area contributed by atoms with Crippen LogP contribution in [0.2, 0.25) is 0 Å². The van der Waals surface area contributed by atoms with E-state index in [0.29, 0.717) is 53.9 Å². The molecule has 4 N–H and O–H groups in total. The zero-order valence-electron chi connectivity index (χ0n) is 18.6. The van der Waals surface area contributed by atoms with Crippen LogP contribution in [0.1, 0.15) is 40.9 Å². The molecule has 33 heavy (non-hydrogen) atoms. The van der Waals surface area contributed by atoms with E-state index >= 15 is 0 Å².